The molecule has 0 N–H and O–H groups in total. The summed E-state index contributed by atoms with van der Waals surface area (Å²) in [6, 6.07) is 13.9. The molecule has 0 aliphatic heterocycles. The highest BCUT2D eigenvalue weighted by Gasteiger charge is 2.41. The van der Waals surface area contributed by atoms with Crippen molar-refractivity contribution >= 4 is 64.6 Å². The lowest BCUT2D eigenvalue weighted by molar-refractivity contribution is -0.144. The van der Waals surface area contributed by atoms with E-state index in [0.717, 1.165) is 42.5 Å². The molecule has 0 atom stereocenters. The van der Waals surface area contributed by atoms with Gasteiger partial charge in [0.25, 0.3) is 0 Å². The second kappa shape index (κ2) is 16.2. The maximum absolute atomic E-state index is 14.5. The molecule has 0 heterocycles. The van der Waals surface area contributed by atoms with Gasteiger partial charge in [-0.1, -0.05) is 30.3 Å². The van der Waals surface area contributed by atoms with Crippen LogP contribution in [0.15, 0.2) is 121 Å². The van der Waals surface area contributed by atoms with E-state index >= 15 is 0 Å². The molecule has 0 unspecified atom stereocenters. The Balaban J connectivity index is 1.41. The summed E-state index contributed by atoms with van der Waals surface area (Å²) in [6.45, 7) is 1.31. The summed E-state index contributed by atoms with van der Waals surface area (Å²) in [4.78, 5) is 0. The second-order valence-corrected chi connectivity index (χ2v) is 18.7. The van der Waals surface area contributed by atoms with Crippen LogP contribution in [-0.2, 0) is 43.2 Å². The van der Waals surface area contributed by atoms with Crippen molar-refractivity contribution in [3.8, 4) is 44.5 Å². The molecule has 0 aromatic heterocycles. The highest BCUT2D eigenvalue weighted by Crippen LogP contribution is 2.56. The van der Waals surface area contributed by atoms with E-state index in [9.17, 15) is 92.2 Å². The van der Waals surface area contributed by atoms with E-state index in [0.29, 0.717) is 36.4 Å². The number of halogens is 21. The molecule has 0 saturated heterocycles. The molecule has 0 amide bonds. The van der Waals surface area contributed by atoms with Gasteiger partial charge in [0.15, 0.2) is 0 Å². The van der Waals surface area contributed by atoms with Crippen LogP contribution in [0.1, 0.15) is 44.5 Å². The SMILES string of the molecule is Cc1cc(-c2cc3cc(-c4cc(C(F)(F)F)cc(C(F)(F)F)c4)c4ccc5c(-c6cc(C(F)(F)F)cc(C(F)(F)F)c6)cc6cc(-c7cc(C(F)(F)F)cc(C(F)(F)F)c7)c7ccc2c2c3c4c5c6c72)cc(C(F)(F)F)c1. The molecule has 11 rings (SSSR count). The van der Waals surface area contributed by atoms with Crippen molar-refractivity contribution in [3.05, 3.63) is 166 Å². The van der Waals surface area contributed by atoms with E-state index < -0.39 is 110 Å². The van der Waals surface area contributed by atoms with Crippen LogP contribution in [0.3, 0.4) is 0 Å². The summed E-state index contributed by atoms with van der Waals surface area (Å²) < 4.78 is 305. The van der Waals surface area contributed by atoms with Crippen molar-refractivity contribution in [3.63, 3.8) is 0 Å². The van der Waals surface area contributed by atoms with Gasteiger partial charge in [-0.15, -0.1) is 0 Å². The molecule has 0 radical (unpaired) electrons. The molecular weight excluding hydrogens is 1070 g/mol. The summed E-state index contributed by atoms with van der Waals surface area (Å²) in [6.07, 6.45) is -37.5. The van der Waals surface area contributed by atoms with Crippen LogP contribution < -0.4 is 0 Å². The Bertz CT molecular complexity index is 4110. The molecule has 0 aliphatic carbocycles. The number of aryl methyl sites for hydroxylation is 1. The van der Waals surface area contributed by atoms with Crippen LogP contribution in [-0.4, -0.2) is 0 Å². The monoisotopic (exact) mass is 1090 g/mol. The van der Waals surface area contributed by atoms with Crippen molar-refractivity contribution < 1.29 is 92.2 Å². The third kappa shape index (κ3) is 8.46. The van der Waals surface area contributed by atoms with Crippen LogP contribution in [0, 0.1) is 6.92 Å². The Kier molecular flexibility index (Phi) is 10.8. The van der Waals surface area contributed by atoms with E-state index in [1.807, 2.05) is 0 Å². The average molecular weight is 1090 g/mol. The first-order chi connectivity index (χ1) is 35.5. The van der Waals surface area contributed by atoms with Gasteiger partial charge in [0.05, 0.1) is 38.9 Å². The third-order valence-corrected chi connectivity index (χ3v) is 13.8. The van der Waals surface area contributed by atoms with Gasteiger partial charge in [0.2, 0.25) is 0 Å². The first-order valence-corrected chi connectivity index (χ1v) is 22.3. The molecule has 77 heavy (non-hydrogen) atoms. The van der Waals surface area contributed by atoms with Crippen molar-refractivity contribution in [1.29, 1.82) is 0 Å². The van der Waals surface area contributed by atoms with Gasteiger partial charge in [-0.3, -0.25) is 0 Å². The van der Waals surface area contributed by atoms with Gasteiger partial charge in [0, 0.05) is 0 Å². The van der Waals surface area contributed by atoms with Crippen LogP contribution in [0.4, 0.5) is 92.2 Å². The molecule has 0 spiro atoms. The normalized spacial score (nSPS) is 13.8. The number of hydrogen-bond acceptors (Lipinski definition) is 0. The Morgan fingerprint density at radius 2 is 0.416 bits per heavy atom. The summed E-state index contributed by atoms with van der Waals surface area (Å²) in [5.41, 5.74) is -15.7. The Morgan fingerprint density at radius 1 is 0.221 bits per heavy atom. The zero-order valence-electron chi connectivity index (χ0n) is 38.0. The average Bonchev–Trinajstić information content (AvgIpc) is 3.40. The molecule has 0 aliphatic rings. The van der Waals surface area contributed by atoms with Gasteiger partial charge in [-0.25, -0.2) is 0 Å². The molecule has 11 aromatic carbocycles. The van der Waals surface area contributed by atoms with Crippen molar-refractivity contribution in [1.82, 2.24) is 0 Å². The molecule has 21 heteroatoms. The van der Waals surface area contributed by atoms with Crippen molar-refractivity contribution in [2.75, 3.05) is 0 Å². The Labute approximate surface area is 416 Å². The van der Waals surface area contributed by atoms with E-state index in [2.05, 4.69) is 0 Å². The Morgan fingerprint density at radius 3 is 0.623 bits per heavy atom. The lowest BCUT2D eigenvalue weighted by Gasteiger charge is -2.26. The zero-order chi connectivity index (χ0) is 55.8. The van der Waals surface area contributed by atoms with Crippen LogP contribution in [0.2, 0.25) is 0 Å². The molecule has 0 bridgehead atoms. The molecule has 11 aromatic rings. The summed E-state index contributed by atoms with van der Waals surface area (Å²) in [5.74, 6) is 0. The number of alkyl halides is 21. The Hall–Kier alpha value is -7.71. The van der Waals surface area contributed by atoms with E-state index in [-0.39, 0.29) is 105 Å². The fourth-order valence-electron chi connectivity index (χ4n) is 10.7. The largest absolute Gasteiger partial charge is 0.416 e. The first-order valence-electron chi connectivity index (χ1n) is 22.3. The molecule has 0 saturated carbocycles. The third-order valence-electron chi connectivity index (χ3n) is 13.8. The fourth-order valence-corrected chi connectivity index (χ4v) is 10.7. The standard InChI is InChI=1S/C56H23F21/c1-22-6-23(8-29(7-22)50(57,58)59)40-15-27-16-41(24-9-30(51(60,61)62)19-31(10-24)52(63,64)65)38-4-5-39-43(26-13-34(55(72,73)74)21-35(14-26)56(75,76)77)18-28-17-42(25-11-32(53(66,67)68)20-33(12-25)54(69,70)71)37-3-2-36(40)46-44(27)48(38)49(39)45(28)47(37)46/h2-21H,1H3. The minimum absolute atomic E-state index is 0.00249. The molecule has 0 fully saturated rings. The topological polar surface area (TPSA) is 0 Å². The van der Waals surface area contributed by atoms with Gasteiger partial charge >= 0.3 is 43.2 Å². The fraction of sp³-hybridized carbons (Fsp3) is 0.143. The minimum Gasteiger partial charge on any atom is -0.166 e. The van der Waals surface area contributed by atoms with Gasteiger partial charge in [-0.2, -0.15) is 92.2 Å². The van der Waals surface area contributed by atoms with E-state index in [1.54, 1.807) is 0 Å². The van der Waals surface area contributed by atoms with Crippen LogP contribution in [0.25, 0.3) is 109 Å². The number of hydrogen-bond donors (Lipinski definition) is 0. The van der Waals surface area contributed by atoms with Crippen molar-refractivity contribution in [2.24, 2.45) is 0 Å². The lowest BCUT2D eigenvalue weighted by atomic mass is 9.76. The lowest BCUT2D eigenvalue weighted by Crippen LogP contribution is -2.11. The summed E-state index contributed by atoms with van der Waals surface area (Å²) >= 11 is 0. The highest BCUT2D eigenvalue weighted by molar-refractivity contribution is 6.48. The maximum Gasteiger partial charge on any atom is 0.416 e. The molecule has 394 valence electrons. The highest BCUT2D eigenvalue weighted by atomic mass is 19.4. The van der Waals surface area contributed by atoms with Crippen molar-refractivity contribution in [2.45, 2.75) is 50.2 Å². The van der Waals surface area contributed by atoms with Crippen LogP contribution in [0.5, 0.6) is 0 Å². The molecular formula is C56H23F21. The van der Waals surface area contributed by atoms with E-state index in [1.165, 1.54) is 31.2 Å². The minimum atomic E-state index is -5.44. The van der Waals surface area contributed by atoms with E-state index in [4.69, 9.17) is 0 Å². The number of benzene rings is 11. The predicted molar refractivity (Wildman–Crippen MR) is 247 cm³/mol. The van der Waals surface area contributed by atoms with Gasteiger partial charge < -0.3 is 0 Å². The zero-order valence-corrected chi connectivity index (χ0v) is 38.0. The van der Waals surface area contributed by atoms with Crippen LogP contribution >= 0.6 is 0 Å². The summed E-state index contributed by atoms with van der Waals surface area (Å²) in [7, 11) is 0. The first kappa shape index (κ1) is 51.4. The predicted octanol–water partition coefficient (Wildman–Crippen LogP) is 21.0. The summed E-state index contributed by atoms with van der Waals surface area (Å²) in [5, 5.41) is -1.19. The van der Waals surface area contributed by atoms with Gasteiger partial charge in [-0.05, 0) is 213 Å². The number of rotatable bonds is 4. The van der Waals surface area contributed by atoms with Gasteiger partial charge in [0.1, 0.15) is 0 Å². The quantitative estimate of drug-likeness (QED) is 0.0936. The maximum atomic E-state index is 14.5. The molecule has 0 nitrogen and oxygen atoms in total. The second-order valence-electron chi connectivity index (χ2n) is 18.7. The smallest absolute Gasteiger partial charge is 0.166 e.